The average Bonchev–Trinajstić information content (AvgIpc) is 2.21. The minimum absolute atomic E-state index is 0.000438. The van der Waals surface area contributed by atoms with Crippen LogP contribution in [0.4, 0.5) is 0 Å². The number of carbonyl (C=O) groups excluding carboxylic acids is 1. The first kappa shape index (κ1) is 13.1. The molecule has 0 spiro atoms. The summed E-state index contributed by atoms with van der Waals surface area (Å²) in [7, 11) is 1.61. The van der Waals surface area contributed by atoms with Crippen LogP contribution in [0.3, 0.4) is 0 Å². The molecule has 1 aromatic rings. The quantitative estimate of drug-likeness (QED) is 0.789. The Bertz CT molecular complexity index is 379. The Morgan fingerprint density at radius 3 is 2.88 bits per heavy atom. The van der Waals surface area contributed by atoms with Crippen molar-refractivity contribution in [2.45, 2.75) is 24.8 Å². The zero-order valence-electron chi connectivity index (χ0n) is 9.78. The highest BCUT2D eigenvalue weighted by molar-refractivity contribution is 7.80. The molecular weight excluding hydrogens is 222 g/mol. The molecule has 1 amide bonds. The third kappa shape index (κ3) is 3.54. The van der Waals surface area contributed by atoms with E-state index in [1.54, 1.807) is 13.2 Å². The van der Waals surface area contributed by atoms with Crippen LogP contribution in [0.5, 0.6) is 0 Å². The number of benzene rings is 1. The van der Waals surface area contributed by atoms with Crippen molar-refractivity contribution in [1.82, 2.24) is 5.32 Å². The molecule has 1 unspecified atom stereocenters. The first-order valence-electron chi connectivity index (χ1n) is 5.14. The van der Waals surface area contributed by atoms with Crippen molar-refractivity contribution in [2.75, 3.05) is 13.7 Å². The van der Waals surface area contributed by atoms with Crippen molar-refractivity contribution in [2.24, 2.45) is 0 Å². The molecule has 1 N–H and O–H groups in total. The molecule has 4 heteroatoms. The predicted octanol–water partition coefficient (Wildman–Crippen LogP) is 2.05. The molecule has 1 atom stereocenters. The summed E-state index contributed by atoms with van der Waals surface area (Å²) in [6.45, 7) is 4.32. The van der Waals surface area contributed by atoms with Crippen molar-refractivity contribution in [1.29, 1.82) is 0 Å². The van der Waals surface area contributed by atoms with Crippen molar-refractivity contribution < 1.29 is 9.53 Å². The highest BCUT2D eigenvalue weighted by Crippen LogP contribution is 2.14. The van der Waals surface area contributed by atoms with E-state index in [-0.39, 0.29) is 11.9 Å². The first-order chi connectivity index (χ1) is 7.54. The zero-order chi connectivity index (χ0) is 12.1. The van der Waals surface area contributed by atoms with Gasteiger partial charge in [-0.25, -0.2) is 0 Å². The van der Waals surface area contributed by atoms with Crippen molar-refractivity contribution in [3.8, 4) is 0 Å². The molecule has 0 saturated heterocycles. The van der Waals surface area contributed by atoms with Crippen LogP contribution in [-0.2, 0) is 4.74 Å². The molecule has 1 rings (SSSR count). The second kappa shape index (κ2) is 5.92. The van der Waals surface area contributed by atoms with Gasteiger partial charge in [0.05, 0.1) is 6.61 Å². The number of amides is 1. The maximum absolute atomic E-state index is 11.9. The standard InChI is InChI=1S/C12H17NO2S/c1-8-4-5-10(16)6-11(8)12(14)13-9(2)7-15-3/h4-6,9,16H,7H2,1-3H3,(H,13,14). The van der Waals surface area contributed by atoms with Gasteiger partial charge >= 0.3 is 0 Å². The maximum atomic E-state index is 11.9. The Morgan fingerprint density at radius 2 is 2.25 bits per heavy atom. The smallest absolute Gasteiger partial charge is 0.251 e. The fourth-order valence-corrected chi connectivity index (χ4v) is 1.65. The second-order valence-electron chi connectivity index (χ2n) is 3.83. The van der Waals surface area contributed by atoms with Crippen molar-refractivity contribution in [3.63, 3.8) is 0 Å². The number of thiol groups is 1. The molecule has 3 nitrogen and oxygen atoms in total. The van der Waals surface area contributed by atoms with E-state index < -0.39 is 0 Å². The molecule has 0 aliphatic heterocycles. The average molecular weight is 239 g/mol. The Kier molecular flexibility index (Phi) is 4.83. The molecule has 16 heavy (non-hydrogen) atoms. The minimum atomic E-state index is -0.0852. The number of hydrogen-bond donors (Lipinski definition) is 2. The first-order valence-corrected chi connectivity index (χ1v) is 5.58. The number of aryl methyl sites for hydroxylation is 1. The summed E-state index contributed by atoms with van der Waals surface area (Å²) in [5.41, 5.74) is 1.61. The Labute approximate surface area is 102 Å². The van der Waals surface area contributed by atoms with Gasteiger partial charge in [-0.15, -0.1) is 12.6 Å². The van der Waals surface area contributed by atoms with Crippen LogP contribution in [-0.4, -0.2) is 25.7 Å². The SMILES string of the molecule is COCC(C)NC(=O)c1cc(S)ccc1C. The largest absolute Gasteiger partial charge is 0.383 e. The number of hydrogen-bond acceptors (Lipinski definition) is 3. The summed E-state index contributed by atoms with van der Waals surface area (Å²) in [6, 6.07) is 5.53. The van der Waals surface area contributed by atoms with Crippen LogP contribution < -0.4 is 5.32 Å². The van der Waals surface area contributed by atoms with Gasteiger partial charge in [0.1, 0.15) is 0 Å². The molecule has 0 heterocycles. The number of nitrogens with one attached hydrogen (secondary N) is 1. The van der Waals surface area contributed by atoms with Gasteiger partial charge in [0.25, 0.3) is 5.91 Å². The normalized spacial score (nSPS) is 12.2. The van der Waals surface area contributed by atoms with E-state index in [0.717, 1.165) is 10.5 Å². The van der Waals surface area contributed by atoms with Crippen LogP contribution >= 0.6 is 12.6 Å². The molecule has 0 aromatic heterocycles. The summed E-state index contributed by atoms with van der Waals surface area (Å²) < 4.78 is 4.96. The Balaban J connectivity index is 2.76. The lowest BCUT2D eigenvalue weighted by atomic mass is 10.1. The van der Waals surface area contributed by atoms with Crippen LogP contribution in [0.15, 0.2) is 23.1 Å². The van der Waals surface area contributed by atoms with Gasteiger partial charge < -0.3 is 10.1 Å². The second-order valence-corrected chi connectivity index (χ2v) is 4.35. The van der Waals surface area contributed by atoms with E-state index in [2.05, 4.69) is 17.9 Å². The molecule has 0 radical (unpaired) electrons. The molecule has 88 valence electrons. The Morgan fingerprint density at radius 1 is 1.56 bits per heavy atom. The fraction of sp³-hybridized carbons (Fsp3) is 0.417. The minimum Gasteiger partial charge on any atom is -0.383 e. The van der Waals surface area contributed by atoms with Crippen LogP contribution in [0.2, 0.25) is 0 Å². The maximum Gasteiger partial charge on any atom is 0.251 e. The van der Waals surface area contributed by atoms with Crippen LogP contribution in [0, 0.1) is 6.92 Å². The van der Waals surface area contributed by atoms with E-state index in [1.807, 2.05) is 26.0 Å². The summed E-state index contributed by atoms with van der Waals surface area (Å²) in [4.78, 5) is 12.7. The van der Waals surface area contributed by atoms with Gasteiger partial charge in [-0.05, 0) is 31.5 Å². The third-order valence-electron chi connectivity index (χ3n) is 2.26. The lowest BCUT2D eigenvalue weighted by Gasteiger charge is -2.14. The van der Waals surface area contributed by atoms with E-state index in [4.69, 9.17) is 4.74 Å². The van der Waals surface area contributed by atoms with Crippen LogP contribution in [0.25, 0.3) is 0 Å². The van der Waals surface area contributed by atoms with Crippen LogP contribution in [0.1, 0.15) is 22.8 Å². The number of rotatable bonds is 4. The molecule has 0 fully saturated rings. The van der Waals surface area contributed by atoms with Gasteiger partial charge in [-0.2, -0.15) is 0 Å². The molecule has 1 aromatic carbocycles. The molecule has 0 aliphatic rings. The highest BCUT2D eigenvalue weighted by Gasteiger charge is 2.11. The third-order valence-corrected chi connectivity index (χ3v) is 2.54. The van der Waals surface area contributed by atoms with Gasteiger partial charge in [0.2, 0.25) is 0 Å². The summed E-state index contributed by atoms with van der Waals surface area (Å²) in [5.74, 6) is -0.0852. The van der Waals surface area contributed by atoms with Crippen molar-refractivity contribution >= 4 is 18.5 Å². The number of methoxy groups -OCH3 is 1. The highest BCUT2D eigenvalue weighted by atomic mass is 32.1. The Hall–Kier alpha value is -1.00. The number of carbonyl (C=O) groups is 1. The van der Waals surface area contributed by atoms with Crippen molar-refractivity contribution in [3.05, 3.63) is 29.3 Å². The van der Waals surface area contributed by atoms with Gasteiger partial charge in [-0.3, -0.25) is 4.79 Å². The summed E-state index contributed by atoms with van der Waals surface area (Å²) in [6.07, 6.45) is 0. The topological polar surface area (TPSA) is 38.3 Å². The molecule has 0 aliphatic carbocycles. The summed E-state index contributed by atoms with van der Waals surface area (Å²) in [5, 5.41) is 2.87. The van der Waals surface area contributed by atoms with Gasteiger partial charge in [0.15, 0.2) is 0 Å². The molecule has 0 bridgehead atoms. The van der Waals surface area contributed by atoms with Gasteiger partial charge in [0, 0.05) is 23.6 Å². The van der Waals surface area contributed by atoms with E-state index in [9.17, 15) is 4.79 Å². The molecule has 0 saturated carbocycles. The van der Waals surface area contributed by atoms with E-state index >= 15 is 0 Å². The van der Waals surface area contributed by atoms with E-state index in [1.165, 1.54) is 0 Å². The fourth-order valence-electron chi connectivity index (χ4n) is 1.45. The van der Waals surface area contributed by atoms with Gasteiger partial charge in [-0.1, -0.05) is 6.07 Å². The van der Waals surface area contributed by atoms with E-state index in [0.29, 0.717) is 12.2 Å². The lowest BCUT2D eigenvalue weighted by Crippen LogP contribution is -2.35. The summed E-state index contributed by atoms with van der Waals surface area (Å²) >= 11 is 4.22. The molecular formula is C12H17NO2S. The predicted molar refractivity (Wildman–Crippen MR) is 67.2 cm³/mol. The lowest BCUT2D eigenvalue weighted by molar-refractivity contribution is 0.0904. The number of ether oxygens (including phenoxy) is 1. The zero-order valence-corrected chi connectivity index (χ0v) is 10.7. The monoisotopic (exact) mass is 239 g/mol.